The lowest BCUT2D eigenvalue weighted by molar-refractivity contribution is -0.130. The minimum atomic E-state index is 0. The first kappa shape index (κ1) is 15.9. The molecule has 0 bridgehead atoms. The maximum Gasteiger partial charge on any atom is 0.231 e. The van der Waals surface area contributed by atoms with Crippen LogP contribution in [0.5, 0.6) is 11.5 Å². The van der Waals surface area contributed by atoms with Gasteiger partial charge in [-0.3, -0.25) is 4.79 Å². The smallest absolute Gasteiger partial charge is 0.231 e. The van der Waals surface area contributed by atoms with E-state index in [2.05, 4.69) is 5.32 Å². The molecule has 1 atom stereocenters. The number of hydrogen-bond acceptors (Lipinski definition) is 4. The fraction of sp³-hybridized carbons (Fsp3) is 0.533. The molecule has 5 nitrogen and oxygen atoms in total. The molecule has 1 fully saturated rings. The van der Waals surface area contributed by atoms with Crippen molar-refractivity contribution in [1.29, 1.82) is 0 Å². The van der Waals surface area contributed by atoms with Crippen LogP contribution in [0.4, 0.5) is 0 Å². The molecule has 2 aliphatic rings. The van der Waals surface area contributed by atoms with E-state index in [1.165, 1.54) is 6.42 Å². The molecular formula is C15H21ClN2O3. The van der Waals surface area contributed by atoms with Crippen LogP contribution in [0.15, 0.2) is 18.2 Å². The molecule has 1 aromatic carbocycles. The number of fused-ring (bicyclic) bond motifs is 1. The van der Waals surface area contributed by atoms with Gasteiger partial charge in [0, 0.05) is 26.1 Å². The van der Waals surface area contributed by atoms with E-state index in [9.17, 15) is 4.79 Å². The van der Waals surface area contributed by atoms with Crippen molar-refractivity contribution in [3.05, 3.63) is 23.8 Å². The third-order valence-electron chi connectivity index (χ3n) is 3.87. The number of hydrogen-bond donors (Lipinski definition) is 1. The van der Waals surface area contributed by atoms with Crippen molar-refractivity contribution in [2.45, 2.75) is 31.8 Å². The van der Waals surface area contributed by atoms with Crippen molar-refractivity contribution in [1.82, 2.24) is 10.2 Å². The minimum Gasteiger partial charge on any atom is -0.454 e. The Kier molecular flexibility index (Phi) is 5.31. The standard InChI is InChI=1S/C15H20N2O3.ClH/c1-17(15(18)8-12-3-2-6-16-12)9-11-4-5-13-14(7-11)20-10-19-13;/h4-5,7,12,16H,2-3,6,8-10H2,1H3;1H. The van der Waals surface area contributed by atoms with Gasteiger partial charge in [0.25, 0.3) is 0 Å². The van der Waals surface area contributed by atoms with Crippen LogP contribution in [0.25, 0.3) is 0 Å². The van der Waals surface area contributed by atoms with Gasteiger partial charge >= 0.3 is 0 Å². The van der Waals surface area contributed by atoms with Crippen LogP contribution in [0, 0.1) is 0 Å². The number of carbonyl (C=O) groups is 1. The SMILES string of the molecule is CN(Cc1ccc2c(c1)OCO2)C(=O)CC1CCCN1.Cl. The van der Waals surface area contributed by atoms with Crippen LogP contribution >= 0.6 is 12.4 Å². The summed E-state index contributed by atoms with van der Waals surface area (Å²) in [6.07, 6.45) is 2.86. The Morgan fingerprint density at radius 1 is 1.38 bits per heavy atom. The van der Waals surface area contributed by atoms with Gasteiger partial charge in [0.15, 0.2) is 11.5 Å². The molecule has 2 aliphatic heterocycles. The molecule has 2 heterocycles. The van der Waals surface area contributed by atoms with E-state index in [0.29, 0.717) is 19.0 Å². The van der Waals surface area contributed by atoms with Gasteiger partial charge in [-0.1, -0.05) is 6.07 Å². The summed E-state index contributed by atoms with van der Waals surface area (Å²) < 4.78 is 10.6. The number of ether oxygens (including phenoxy) is 2. The number of halogens is 1. The number of benzene rings is 1. The summed E-state index contributed by atoms with van der Waals surface area (Å²) in [6.45, 7) is 1.91. The summed E-state index contributed by atoms with van der Waals surface area (Å²) >= 11 is 0. The average molecular weight is 313 g/mol. The van der Waals surface area contributed by atoms with Gasteiger partial charge < -0.3 is 19.7 Å². The number of carbonyl (C=O) groups excluding carboxylic acids is 1. The lowest BCUT2D eigenvalue weighted by atomic mass is 10.1. The van der Waals surface area contributed by atoms with Gasteiger partial charge in [0.05, 0.1) is 0 Å². The zero-order valence-electron chi connectivity index (χ0n) is 12.1. The maximum atomic E-state index is 12.2. The Morgan fingerprint density at radius 3 is 2.95 bits per heavy atom. The van der Waals surface area contributed by atoms with E-state index in [0.717, 1.165) is 30.0 Å². The molecular weight excluding hydrogens is 292 g/mol. The fourth-order valence-electron chi connectivity index (χ4n) is 2.70. The van der Waals surface area contributed by atoms with Crippen LogP contribution in [-0.4, -0.2) is 37.2 Å². The molecule has 1 unspecified atom stereocenters. The molecule has 116 valence electrons. The molecule has 0 spiro atoms. The van der Waals surface area contributed by atoms with Crippen LogP contribution < -0.4 is 14.8 Å². The number of nitrogens with one attached hydrogen (secondary N) is 1. The molecule has 1 saturated heterocycles. The Labute approximate surface area is 131 Å². The Bertz CT molecular complexity index is 504. The summed E-state index contributed by atoms with van der Waals surface area (Å²) in [5.74, 6) is 1.72. The minimum absolute atomic E-state index is 0. The van der Waals surface area contributed by atoms with E-state index < -0.39 is 0 Å². The highest BCUT2D eigenvalue weighted by atomic mass is 35.5. The third-order valence-corrected chi connectivity index (χ3v) is 3.87. The van der Waals surface area contributed by atoms with Crippen molar-refractivity contribution < 1.29 is 14.3 Å². The predicted octanol–water partition coefficient (Wildman–Crippen LogP) is 1.94. The van der Waals surface area contributed by atoms with Crippen molar-refractivity contribution >= 4 is 18.3 Å². The Morgan fingerprint density at radius 2 is 2.19 bits per heavy atom. The molecule has 1 amide bonds. The highest BCUT2D eigenvalue weighted by molar-refractivity contribution is 5.85. The van der Waals surface area contributed by atoms with Crippen molar-refractivity contribution in [2.24, 2.45) is 0 Å². The second-order valence-corrected chi connectivity index (χ2v) is 5.43. The van der Waals surface area contributed by atoms with Gasteiger partial charge in [0.1, 0.15) is 0 Å². The van der Waals surface area contributed by atoms with E-state index in [-0.39, 0.29) is 25.1 Å². The summed E-state index contributed by atoms with van der Waals surface area (Å²) in [6, 6.07) is 6.17. The van der Waals surface area contributed by atoms with Crippen LogP contribution in [0.3, 0.4) is 0 Å². The quantitative estimate of drug-likeness (QED) is 0.923. The van der Waals surface area contributed by atoms with E-state index in [1.54, 1.807) is 4.90 Å². The molecule has 1 N–H and O–H groups in total. The summed E-state index contributed by atoms with van der Waals surface area (Å²) in [5, 5.41) is 3.36. The average Bonchev–Trinajstić information content (AvgIpc) is 3.08. The summed E-state index contributed by atoms with van der Waals surface area (Å²) in [4.78, 5) is 13.9. The predicted molar refractivity (Wildman–Crippen MR) is 81.9 cm³/mol. The molecule has 0 aromatic heterocycles. The lowest BCUT2D eigenvalue weighted by Gasteiger charge is -2.19. The van der Waals surface area contributed by atoms with Crippen LogP contribution in [0.1, 0.15) is 24.8 Å². The molecule has 0 saturated carbocycles. The van der Waals surface area contributed by atoms with E-state index in [1.807, 2.05) is 25.2 Å². The highest BCUT2D eigenvalue weighted by Crippen LogP contribution is 2.32. The maximum absolute atomic E-state index is 12.2. The first-order valence-electron chi connectivity index (χ1n) is 7.08. The Hall–Kier alpha value is -1.46. The van der Waals surface area contributed by atoms with Crippen LogP contribution in [-0.2, 0) is 11.3 Å². The first-order valence-corrected chi connectivity index (χ1v) is 7.08. The van der Waals surface area contributed by atoms with Crippen molar-refractivity contribution in [2.75, 3.05) is 20.4 Å². The zero-order valence-corrected chi connectivity index (χ0v) is 12.9. The largest absolute Gasteiger partial charge is 0.454 e. The normalized spacial score (nSPS) is 19.2. The molecule has 21 heavy (non-hydrogen) atoms. The van der Waals surface area contributed by atoms with E-state index in [4.69, 9.17) is 9.47 Å². The fourth-order valence-corrected chi connectivity index (χ4v) is 2.70. The van der Waals surface area contributed by atoms with Crippen LogP contribution in [0.2, 0.25) is 0 Å². The number of rotatable bonds is 4. The summed E-state index contributed by atoms with van der Waals surface area (Å²) in [7, 11) is 1.85. The Balaban J connectivity index is 0.00000161. The van der Waals surface area contributed by atoms with Gasteiger partial charge in [0.2, 0.25) is 12.7 Å². The van der Waals surface area contributed by atoms with Gasteiger partial charge in [-0.05, 0) is 37.1 Å². The molecule has 6 heteroatoms. The first-order chi connectivity index (χ1) is 9.72. The molecule has 0 aliphatic carbocycles. The van der Waals surface area contributed by atoms with Gasteiger partial charge in [-0.2, -0.15) is 0 Å². The number of amides is 1. The molecule has 0 radical (unpaired) electrons. The second kappa shape index (κ2) is 7.00. The van der Waals surface area contributed by atoms with Crippen molar-refractivity contribution in [3.8, 4) is 11.5 Å². The van der Waals surface area contributed by atoms with Gasteiger partial charge in [-0.15, -0.1) is 12.4 Å². The zero-order chi connectivity index (χ0) is 13.9. The highest BCUT2D eigenvalue weighted by Gasteiger charge is 2.20. The second-order valence-electron chi connectivity index (χ2n) is 5.43. The third kappa shape index (κ3) is 3.80. The monoisotopic (exact) mass is 312 g/mol. The lowest BCUT2D eigenvalue weighted by Crippen LogP contribution is -2.33. The molecule has 3 rings (SSSR count). The van der Waals surface area contributed by atoms with Gasteiger partial charge in [-0.25, -0.2) is 0 Å². The summed E-state index contributed by atoms with van der Waals surface area (Å²) in [5.41, 5.74) is 1.06. The molecule has 1 aromatic rings. The van der Waals surface area contributed by atoms with Crippen molar-refractivity contribution in [3.63, 3.8) is 0 Å². The van der Waals surface area contributed by atoms with E-state index >= 15 is 0 Å². The number of nitrogens with zero attached hydrogens (tertiary/aromatic N) is 1. The topological polar surface area (TPSA) is 50.8 Å².